The zero-order valence-electron chi connectivity index (χ0n) is 24.6. The van der Waals surface area contributed by atoms with Crippen LogP contribution in [0.5, 0.6) is 5.75 Å². The number of carbonyl (C=O) groups is 2. The summed E-state index contributed by atoms with van der Waals surface area (Å²) < 4.78 is 30.9. The maximum absolute atomic E-state index is 14.1. The van der Waals surface area contributed by atoms with Crippen molar-refractivity contribution < 1.29 is 28.2 Å². The van der Waals surface area contributed by atoms with Crippen molar-refractivity contribution in [2.24, 2.45) is 0 Å². The number of H-pyrrole nitrogens is 1. The number of ether oxygens (including phenoxy) is 3. The first-order valence-electron chi connectivity index (χ1n) is 14.2. The van der Waals surface area contributed by atoms with Crippen LogP contribution in [0.1, 0.15) is 55.7 Å². The van der Waals surface area contributed by atoms with E-state index in [2.05, 4.69) is 9.88 Å². The molecule has 226 valence electrons. The Balaban J connectivity index is 0.00000405. The molecule has 10 heteroatoms. The van der Waals surface area contributed by atoms with Gasteiger partial charge in [0.1, 0.15) is 11.6 Å². The van der Waals surface area contributed by atoms with Gasteiger partial charge in [0.05, 0.1) is 37.2 Å². The lowest BCUT2D eigenvalue weighted by Crippen LogP contribution is -2.37. The number of esters is 1. The second-order valence-electron chi connectivity index (χ2n) is 11.6. The van der Waals surface area contributed by atoms with Crippen molar-refractivity contribution in [1.82, 2.24) is 14.8 Å². The number of aromatic nitrogens is 1. The summed E-state index contributed by atoms with van der Waals surface area (Å²) in [4.78, 5) is 34.2. The Bertz CT molecular complexity index is 1440. The van der Waals surface area contributed by atoms with Gasteiger partial charge in [0.25, 0.3) is 5.91 Å². The van der Waals surface area contributed by atoms with E-state index in [-0.39, 0.29) is 35.8 Å². The van der Waals surface area contributed by atoms with Crippen molar-refractivity contribution in [3.63, 3.8) is 0 Å². The first-order chi connectivity index (χ1) is 19.6. The fourth-order valence-electron chi connectivity index (χ4n) is 5.57. The molecule has 3 aromatic rings. The third kappa shape index (κ3) is 6.97. The normalized spacial score (nSPS) is 16.8. The van der Waals surface area contributed by atoms with Gasteiger partial charge < -0.3 is 24.1 Å². The molecule has 1 saturated heterocycles. The number of hydrogen-bond donors (Lipinski definition) is 1. The van der Waals surface area contributed by atoms with E-state index in [4.69, 9.17) is 14.2 Å². The predicted octanol–water partition coefficient (Wildman–Crippen LogP) is 5.56. The number of halogens is 2. The van der Waals surface area contributed by atoms with Crippen molar-refractivity contribution in [1.29, 1.82) is 0 Å². The number of aromatic amines is 1. The van der Waals surface area contributed by atoms with Crippen LogP contribution >= 0.6 is 12.4 Å². The first kappa shape index (κ1) is 31.5. The van der Waals surface area contributed by atoms with Crippen LogP contribution in [0.4, 0.5) is 4.39 Å². The van der Waals surface area contributed by atoms with Gasteiger partial charge in [0.2, 0.25) is 0 Å². The zero-order chi connectivity index (χ0) is 29.1. The number of amides is 1. The van der Waals surface area contributed by atoms with Crippen LogP contribution in [-0.4, -0.2) is 78.8 Å². The van der Waals surface area contributed by atoms with Gasteiger partial charge in [0, 0.05) is 54.3 Å². The lowest BCUT2D eigenvalue weighted by Gasteiger charge is -2.29. The van der Waals surface area contributed by atoms with Crippen LogP contribution in [0, 0.1) is 5.82 Å². The van der Waals surface area contributed by atoms with E-state index >= 15 is 0 Å². The monoisotopic (exact) mass is 599 g/mol. The molecule has 8 nitrogen and oxygen atoms in total. The SMILES string of the molecule is CC(C)OC(=O)C1=CN(C(=O)c2ccc(OCCCN3CCOCC3)cc2)CC(C)(C)c2c1[nH]c1cc(F)ccc21.Cl. The third-order valence-corrected chi connectivity index (χ3v) is 7.47. The number of rotatable bonds is 8. The molecular weight excluding hydrogens is 561 g/mol. The summed E-state index contributed by atoms with van der Waals surface area (Å²) in [6, 6.07) is 11.6. The summed E-state index contributed by atoms with van der Waals surface area (Å²) in [5.41, 5.74) is 2.11. The highest BCUT2D eigenvalue weighted by molar-refractivity contribution is 6.18. The average molecular weight is 600 g/mol. The standard InChI is InChI=1S/C32H38FN3O5.ClH/c1-21(2)41-31(38)26-19-36(20-32(3,4)28-25-11-8-23(33)18-27(25)34-29(26)28)30(37)22-6-9-24(10-7-22)40-15-5-12-35-13-16-39-17-14-35;/h6-11,18-19,21,34H,5,12-17,20H2,1-4H3;1H. The minimum atomic E-state index is -0.568. The first-order valence-corrected chi connectivity index (χ1v) is 14.2. The van der Waals surface area contributed by atoms with Gasteiger partial charge in [0.15, 0.2) is 0 Å². The summed E-state index contributed by atoms with van der Waals surface area (Å²) in [5.74, 6) is -0.467. The van der Waals surface area contributed by atoms with E-state index in [1.54, 1.807) is 55.3 Å². The quantitative estimate of drug-likeness (QED) is 0.270. The molecule has 0 spiro atoms. The number of morpholine rings is 1. The zero-order valence-corrected chi connectivity index (χ0v) is 25.4. The fraction of sp³-hybridized carbons (Fsp3) is 0.438. The predicted molar refractivity (Wildman–Crippen MR) is 163 cm³/mol. The molecule has 0 saturated carbocycles. The molecular formula is C32H39ClFN3O5. The highest BCUT2D eigenvalue weighted by Crippen LogP contribution is 2.41. The summed E-state index contributed by atoms with van der Waals surface area (Å²) in [7, 11) is 0. The summed E-state index contributed by atoms with van der Waals surface area (Å²) in [6.45, 7) is 12.9. The number of fused-ring (bicyclic) bond motifs is 3. The number of benzene rings is 2. The van der Waals surface area contributed by atoms with Crippen molar-refractivity contribution in [2.75, 3.05) is 46.0 Å². The van der Waals surface area contributed by atoms with Crippen molar-refractivity contribution in [3.8, 4) is 5.75 Å². The Kier molecular flexibility index (Phi) is 9.97. The largest absolute Gasteiger partial charge is 0.494 e. The fourth-order valence-corrected chi connectivity index (χ4v) is 5.57. The van der Waals surface area contributed by atoms with Gasteiger partial charge in [-0.05, 0) is 68.3 Å². The highest BCUT2D eigenvalue weighted by Gasteiger charge is 2.37. The number of nitrogens with zero attached hydrogens (tertiary/aromatic N) is 2. The van der Waals surface area contributed by atoms with Crippen LogP contribution < -0.4 is 4.74 Å². The molecule has 5 rings (SSSR count). The van der Waals surface area contributed by atoms with Gasteiger partial charge in [-0.2, -0.15) is 0 Å². The lowest BCUT2D eigenvalue weighted by molar-refractivity contribution is -0.140. The highest BCUT2D eigenvalue weighted by atomic mass is 35.5. The van der Waals surface area contributed by atoms with Crippen molar-refractivity contribution in [2.45, 2.75) is 45.6 Å². The van der Waals surface area contributed by atoms with Gasteiger partial charge >= 0.3 is 5.97 Å². The van der Waals surface area contributed by atoms with Crippen LogP contribution in [0.2, 0.25) is 0 Å². The Labute approximate surface area is 252 Å². The topological polar surface area (TPSA) is 84.1 Å². The van der Waals surface area contributed by atoms with E-state index in [1.807, 2.05) is 13.8 Å². The van der Waals surface area contributed by atoms with E-state index < -0.39 is 11.4 Å². The summed E-state index contributed by atoms with van der Waals surface area (Å²) in [6.07, 6.45) is 2.11. The van der Waals surface area contributed by atoms with Crippen LogP contribution in [0.15, 0.2) is 48.7 Å². The Hall–Kier alpha value is -3.40. The maximum Gasteiger partial charge on any atom is 0.342 e. The lowest BCUT2D eigenvalue weighted by atomic mass is 9.81. The molecule has 42 heavy (non-hydrogen) atoms. The molecule has 3 heterocycles. The summed E-state index contributed by atoms with van der Waals surface area (Å²) in [5, 5.41) is 0.805. The molecule has 1 aromatic heterocycles. The molecule has 2 aliphatic rings. The van der Waals surface area contributed by atoms with E-state index in [1.165, 1.54) is 12.1 Å². The molecule has 0 unspecified atom stereocenters. The Morgan fingerprint density at radius 1 is 1.10 bits per heavy atom. The third-order valence-electron chi connectivity index (χ3n) is 7.47. The Morgan fingerprint density at radius 3 is 2.50 bits per heavy atom. The molecule has 1 N–H and O–H groups in total. The minimum absolute atomic E-state index is 0. The Morgan fingerprint density at radius 2 is 1.81 bits per heavy atom. The van der Waals surface area contributed by atoms with Crippen LogP contribution in [0.3, 0.4) is 0 Å². The van der Waals surface area contributed by atoms with E-state index in [0.29, 0.717) is 35.7 Å². The van der Waals surface area contributed by atoms with Crippen molar-refractivity contribution >= 4 is 40.8 Å². The van der Waals surface area contributed by atoms with Gasteiger partial charge in [-0.15, -0.1) is 12.4 Å². The molecule has 1 fully saturated rings. The smallest absolute Gasteiger partial charge is 0.342 e. The molecule has 0 aliphatic carbocycles. The molecule has 0 radical (unpaired) electrons. The van der Waals surface area contributed by atoms with Crippen molar-refractivity contribution in [3.05, 3.63) is 71.3 Å². The molecule has 0 atom stereocenters. The average Bonchev–Trinajstić information content (AvgIpc) is 3.27. The summed E-state index contributed by atoms with van der Waals surface area (Å²) >= 11 is 0. The molecule has 2 aliphatic heterocycles. The van der Waals surface area contributed by atoms with Crippen LogP contribution in [0.25, 0.3) is 16.5 Å². The molecule has 1 amide bonds. The van der Waals surface area contributed by atoms with Gasteiger partial charge in [-0.1, -0.05) is 13.8 Å². The molecule has 2 aromatic carbocycles. The van der Waals surface area contributed by atoms with Gasteiger partial charge in [-0.3, -0.25) is 9.69 Å². The number of nitrogens with one attached hydrogen (secondary N) is 1. The maximum atomic E-state index is 14.1. The van der Waals surface area contributed by atoms with Crippen LogP contribution in [-0.2, 0) is 19.7 Å². The minimum Gasteiger partial charge on any atom is -0.494 e. The molecule has 0 bridgehead atoms. The van der Waals surface area contributed by atoms with E-state index in [0.717, 1.165) is 50.2 Å². The second-order valence-corrected chi connectivity index (χ2v) is 11.6. The van der Waals surface area contributed by atoms with E-state index in [9.17, 15) is 14.0 Å². The van der Waals surface area contributed by atoms with Gasteiger partial charge in [-0.25, -0.2) is 9.18 Å². The number of hydrogen-bond acceptors (Lipinski definition) is 6. The second kappa shape index (κ2) is 13.3. The number of carbonyl (C=O) groups excluding carboxylic acids is 2.